The van der Waals surface area contributed by atoms with E-state index in [0.717, 1.165) is 30.6 Å². The summed E-state index contributed by atoms with van der Waals surface area (Å²) in [7, 11) is 2.17. The van der Waals surface area contributed by atoms with Gasteiger partial charge in [0.15, 0.2) is 5.76 Å². The van der Waals surface area contributed by atoms with E-state index < -0.39 is 0 Å². The monoisotopic (exact) mass is 251 g/mol. The molecule has 0 amide bonds. The summed E-state index contributed by atoms with van der Waals surface area (Å²) >= 11 is 0. The average molecular weight is 251 g/mol. The van der Waals surface area contributed by atoms with E-state index in [1.807, 2.05) is 0 Å². The average Bonchev–Trinajstić information content (AvgIpc) is 2.58. The predicted octanol–water partition coefficient (Wildman–Crippen LogP) is 2.55. The molecule has 0 aliphatic heterocycles. The maximum atomic E-state index is 5.39. The quantitative estimate of drug-likeness (QED) is 0.873. The largest absolute Gasteiger partial charge is 0.360 e. The second-order valence-electron chi connectivity index (χ2n) is 6.39. The first kappa shape index (κ1) is 13.6. The number of rotatable bonds is 5. The molecule has 1 aromatic rings. The van der Waals surface area contributed by atoms with Gasteiger partial charge in [-0.05, 0) is 40.7 Å². The van der Waals surface area contributed by atoms with Crippen LogP contribution in [0.5, 0.6) is 0 Å². The second kappa shape index (κ2) is 5.41. The third kappa shape index (κ3) is 3.82. The number of nitrogens with one attached hydrogen (secondary N) is 1. The molecule has 4 nitrogen and oxygen atoms in total. The molecule has 0 spiro atoms. The Balaban J connectivity index is 1.82. The van der Waals surface area contributed by atoms with Crippen molar-refractivity contribution in [1.82, 2.24) is 15.4 Å². The second-order valence-corrected chi connectivity index (χ2v) is 6.39. The van der Waals surface area contributed by atoms with Gasteiger partial charge in [0.25, 0.3) is 0 Å². The Bertz CT molecular complexity index is 377. The minimum atomic E-state index is 0.113. The van der Waals surface area contributed by atoms with Crippen LogP contribution >= 0.6 is 0 Å². The zero-order valence-corrected chi connectivity index (χ0v) is 12.0. The molecule has 0 saturated heterocycles. The molecular formula is C14H25N3O. The number of hydrogen-bond acceptors (Lipinski definition) is 4. The fourth-order valence-corrected chi connectivity index (χ4v) is 2.07. The molecule has 0 aromatic carbocycles. The van der Waals surface area contributed by atoms with Gasteiger partial charge in [-0.25, -0.2) is 0 Å². The van der Waals surface area contributed by atoms with Gasteiger partial charge in [0.1, 0.15) is 0 Å². The van der Waals surface area contributed by atoms with Gasteiger partial charge in [-0.3, -0.25) is 4.90 Å². The minimum Gasteiger partial charge on any atom is -0.360 e. The van der Waals surface area contributed by atoms with Gasteiger partial charge in [-0.2, -0.15) is 0 Å². The van der Waals surface area contributed by atoms with E-state index in [9.17, 15) is 0 Å². The van der Waals surface area contributed by atoms with Crippen LogP contribution in [0.15, 0.2) is 10.6 Å². The van der Waals surface area contributed by atoms with Crippen molar-refractivity contribution in [3.05, 3.63) is 17.5 Å². The molecule has 4 heteroatoms. The number of hydrogen-bond donors (Lipinski definition) is 1. The highest BCUT2D eigenvalue weighted by Crippen LogP contribution is 2.24. The zero-order chi connectivity index (χ0) is 13.2. The molecule has 2 rings (SSSR count). The lowest BCUT2D eigenvalue weighted by atomic mass is 9.92. The lowest BCUT2D eigenvalue weighted by Gasteiger charge is -2.33. The molecule has 1 aromatic heterocycles. The van der Waals surface area contributed by atoms with Crippen LogP contribution in [0.3, 0.4) is 0 Å². The Morgan fingerprint density at radius 1 is 1.44 bits per heavy atom. The minimum absolute atomic E-state index is 0.113. The van der Waals surface area contributed by atoms with E-state index in [0.29, 0.717) is 0 Å². The maximum Gasteiger partial charge on any atom is 0.151 e. The molecule has 18 heavy (non-hydrogen) atoms. The zero-order valence-electron chi connectivity index (χ0n) is 12.0. The van der Waals surface area contributed by atoms with Crippen molar-refractivity contribution in [2.24, 2.45) is 0 Å². The van der Waals surface area contributed by atoms with Crippen LogP contribution in [0.25, 0.3) is 0 Å². The Morgan fingerprint density at radius 3 is 2.72 bits per heavy atom. The normalized spacial score (nSPS) is 17.2. The third-order valence-corrected chi connectivity index (χ3v) is 3.51. The van der Waals surface area contributed by atoms with Crippen molar-refractivity contribution in [2.45, 2.75) is 64.7 Å². The topological polar surface area (TPSA) is 41.3 Å². The molecule has 1 heterocycles. The van der Waals surface area contributed by atoms with Crippen molar-refractivity contribution in [1.29, 1.82) is 0 Å². The van der Waals surface area contributed by atoms with Crippen molar-refractivity contribution >= 4 is 0 Å². The first-order valence-corrected chi connectivity index (χ1v) is 6.84. The smallest absolute Gasteiger partial charge is 0.151 e. The summed E-state index contributed by atoms with van der Waals surface area (Å²) in [6, 6.07) is 2.81. The van der Waals surface area contributed by atoms with Crippen LogP contribution in [-0.4, -0.2) is 28.7 Å². The molecule has 1 N–H and O–H groups in total. The molecule has 0 radical (unpaired) electrons. The van der Waals surface area contributed by atoms with Gasteiger partial charge in [0.05, 0.1) is 12.2 Å². The van der Waals surface area contributed by atoms with Crippen LogP contribution in [0, 0.1) is 0 Å². The standard InChI is InChI=1S/C14H25N3O/c1-14(2,3)15-9-11-8-13(18-16-11)10-17(4)12-6-5-7-12/h8,12,15H,5-7,9-10H2,1-4H3. The summed E-state index contributed by atoms with van der Waals surface area (Å²) in [4.78, 5) is 2.37. The molecule has 1 fully saturated rings. The molecule has 0 atom stereocenters. The van der Waals surface area contributed by atoms with E-state index in [2.05, 4.69) is 49.3 Å². The Labute approximate surface area is 110 Å². The van der Waals surface area contributed by atoms with Crippen LogP contribution in [0.2, 0.25) is 0 Å². The van der Waals surface area contributed by atoms with Crippen molar-refractivity contribution in [2.75, 3.05) is 7.05 Å². The fourth-order valence-electron chi connectivity index (χ4n) is 2.07. The molecule has 1 saturated carbocycles. The Kier molecular flexibility index (Phi) is 4.07. The first-order valence-electron chi connectivity index (χ1n) is 6.84. The highest BCUT2D eigenvalue weighted by atomic mass is 16.5. The van der Waals surface area contributed by atoms with Gasteiger partial charge < -0.3 is 9.84 Å². The van der Waals surface area contributed by atoms with Crippen LogP contribution in [-0.2, 0) is 13.1 Å². The molecule has 1 aliphatic rings. The maximum absolute atomic E-state index is 5.39. The van der Waals surface area contributed by atoms with Crippen molar-refractivity contribution < 1.29 is 4.52 Å². The number of nitrogens with zero attached hydrogens (tertiary/aromatic N) is 2. The van der Waals surface area contributed by atoms with Crippen molar-refractivity contribution in [3.8, 4) is 0 Å². The van der Waals surface area contributed by atoms with Gasteiger partial charge in [0.2, 0.25) is 0 Å². The van der Waals surface area contributed by atoms with Gasteiger partial charge >= 0.3 is 0 Å². The van der Waals surface area contributed by atoms with E-state index in [1.165, 1.54) is 19.3 Å². The lowest BCUT2D eigenvalue weighted by Crippen LogP contribution is -2.36. The van der Waals surface area contributed by atoms with E-state index in [4.69, 9.17) is 4.52 Å². The summed E-state index contributed by atoms with van der Waals surface area (Å²) in [5, 5.41) is 7.53. The summed E-state index contributed by atoms with van der Waals surface area (Å²) in [6.07, 6.45) is 4.01. The third-order valence-electron chi connectivity index (χ3n) is 3.51. The predicted molar refractivity (Wildman–Crippen MR) is 72.2 cm³/mol. The summed E-state index contributed by atoms with van der Waals surface area (Å²) in [5.74, 6) is 0.968. The van der Waals surface area contributed by atoms with Crippen LogP contribution in [0.1, 0.15) is 51.5 Å². The first-order chi connectivity index (χ1) is 8.44. The highest BCUT2D eigenvalue weighted by molar-refractivity contribution is 5.06. The molecular weight excluding hydrogens is 226 g/mol. The summed E-state index contributed by atoms with van der Waals surface area (Å²) in [5.41, 5.74) is 1.10. The van der Waals surface area contributed by atoms with Crippen LogP contribution in [0.4, 0.5) is 0 Å². The van der Waals surface area contributed by atoms with Crippen molar-refractivity contribution in [3.63, 3.8) is 0 Å². The summed E-state index contributed by atoms with van der Waals surface area (Å²) < 4.78 is 5.39. The van der Waals surface area contributed by atoms with E-state index in [1.54, 1.807) is 0 Å². The van der Waals surface area contributed by atoms with Crippen LogP contribution < -0.4 is 5.32 Å². The van der Waals surface area contributed by atoms with Gasteiger partial charge in [-0.1, -0.05) is 11.6 Å². The summed E-state index contributed by atoms with van der Waals surface area (Å²) in [6.45, 7) is 8.09. The fraction of sp³-hybridized carbons (Fsp3) is 0.786. The molecule has 0 bridgehead atoms. The number of aromatic nitrogens is 1. The Morgan fingerprint density at radius 2 is 2.17 bits per heavy atom. The highest BCUT2D eigenvalue weighted by Gasteiger charge is 2.22. The van der Waals surface area contributed by atoms with Gasteiger partial charge in [-0.15, -0.1) is 0 Å². The SMILES string of the molecule is CN(Cc1cc(CNC(C)(C)C)no1)C1CCC1. The lowest BCUT2D eigenvalue weighted by molar-refractivity contribution is 0.139. The van der Waals surface area contributed by atoms with E-state index in [-0.39, 0.29) is 5.54 Å². The molecule has 102 valence electrons. The molecule has 1 aliphatic carbocycles. The van der Waals surface area contributed by atoms with Gasteiger partial charge in [0, 0.05) is 24.2 Å². The molecule has 0 unspecified atom stereocenters. The van der Waals surface area contributed by atoms with E-state index >= 15 is 0 Å². The Hall–Kier alpha value is -0.870.